The molecule has 2 aromatic heterocycles. The third-order valence-electron chi connectivity index (χ3n) is 6.58. The van der Waals surface area contributed by atoms with Gasteiger partial charge in [0.15, 0.2) is 5.75 Å². The van der Waals surface area contributed by atoms with Gasteiger partial charge < -0.3 is 19.1 Å². The second kappa shape index (κ2) is 11.8. The van der Waals surface area contributed by atoms with Gasteiger partial charge in [0.25, 0.3) is 5.69 Å². The van der Waals surface area contributed by atoms with Crippen molar-refractivity contribution in [3.8, 4) is 17.5 Å². The van der Waals surface area contributed by atoms with Gasteiger partial charge in [0, 0.05) is 36.8 Å². The Bertz CT molecular complexity index is 1290. The Morgan fingerprint density at radius 1 is 1.13 bits per heavy atom. The fourth-order valence-corrected chi connectivity index (χ4v) is 4.51. The number of aryl methyl sites for hydroxylation is 1. The Balaban J connectivity index is 1.36. The number of rotatable bonds is 9. The first-order valence-corrected chi connectivity index (χ1v) is 12.5. The molecule has 3 heterocycles. The Labute approximate surface area is 220 Å². The summed E-state index contributed by atoms with van der Waals surface area (Å²) in [5.74, 6) is 1.42. The van der Waals surface area contributed by atoms with E-state index in [1.807, 2.05) is 33.8 Å². The first-order chi connectivity index (χ1) is 18.2. The summed E-state index contributed by atoms with van der Waals surface area (Å²) in [6.07, 6.45) is 4.73. The molecular formula is C27H31N5O6. The largest absolute Gasteiger partial charge is 0.474 e. The van der Waals surface area contributed by atoms with E-state index in [2.05, 4.69) is 15.0 Å². The van der Waals surface area contributed by atoms with Gasteiger partial charge in [-0.1, -0.05) is 0 Å². The Kier molecular flexibility index (Phi) is 8.35. The van der Waals surface area contributed by atoms with E-state index >= 15 is 0 Å². The van der Waals surface area contributed by atoms with E-state index < -0.39 is 11.0 Å². The third-order valence-corrected chi connectivity index (χ3v) is 6.58. The highest BCUT2D eigenvalue weighted by atomic mass is 16.6. The molecular weight excluding hydrogens is 490 g/mol. The van der Waals surface area contributed by atoms with Crippen LogP contribution >= 0.6 is 0 Å². The Morgan fingerprint density at radius 2 is 1.87 bits per heavy atom. The van der Waals surface area contributed by atoms with E-state index in [0.717, 1.165) is 18.5 Å². The molecule has 3 aromatic rings. The lowest BCUT2D eigenvalue weighted by atomic mass is 10.1. The maximum absolute atomic E-state index is 13.0. The lowest BCUT2D eigenvalue weighted by Gasteiger charge is -2.29. The van der Waals surface area contributed by atoms with Gasteiger partial charge in [-0.05, 0) is 70.4 Å². The molecule has 11 heteroatoms. The number of aromatic nitrogens is 3. The average molecular weight is 522 g/mol. The number of hydrogen-bond donors (Lipinski definition) is 0. The zero-order chi connectivity index (χ0) is 27.2. The molecule has 1 amide bonds. The molecule has 0 aliphatic carbocycles. The smallest absolute Gasteiger partial charge is 0.410 e. The highest BCUT2D eigenvalue weighted by molar-refractivity contribution is 5.69. The van der Waals surface area contributed by atoms with Crippen LogP contribution < -0.4 is 9.47 Å². The molecule has 2 unspecified atom stereocenters. The van der Waals surface area contributed by atoms with Crippen LogP contribution in [0.5, 0.6) is 17.5 Å². The number of non-ortho nitro benzene ring substituents is 1. The summed E-state index contributed by atoms with van der Waals surface area (Å²) in [5, 5.41) is 10.8. The molecule has 0 bridgehead atoms. The van der Waals surface area contributed by atoms with Gasteiger partial charge in [-0.25, -0.2) is 14.8 Å². The maximum atomic E-state index is 13.0. The molecule has 3 atom stereocenters. The Hall–Kier alpha value is -4.28. The fraction of sp³-hybridized carbons (Fsp3) is 0.407. The van der Waals surface area contributed by atoms with Crippen LogP contribution in [0.4, 0.5) is 10.5 Å². The van der Waals surface area contributed by atoms with Crippen molar-refractivity contribution in [2.24, 2.45) is 0 Å². The summed E-state index contributed by atoms with van der Waals surface area (Å²) < 4.78 is 17.6. The minimum Gasteiger partial charge on any atom is -0.474 e. The number of nitrogens with zero attached hydrogens (tertiary/aromatic N) is 5. The van der Waals surface area contributed by atoms with E-state index in [9.17, 15) is 14.9 Å². The predicted molar refractivity (Wildman–Crippen MR) is 138 cm³/mol. The van der Waals surface area contributed by atoms with Gasteiger partial charge in [0.05, 0.1) is 22.3 Å². The van der Waals surface area contributed by atoms with Gasteiger partial charge in [0.2, 0.25) is 11.8 Å². The van der Waals surface area contributed by atoms with Gasteiger partial charge >= 0.3 is 6.09 Å². The van der Waals surface area contributed by atoms with Crippen LogP contribution in [-0.2, 0) is 11.3 Å². The third kappa shape index (κ3) is 6.34. The van der Waals surface area contributed by atoms with Crippen LogP contribution in [0.3, 0.4) is 0 Å². The highest BCUT2D eigenvalue weighted by Crippen LogP contribution is 2.32. The second-order valence-corrected chi connectivity index (χ2v) is 9.43. The normalized spacial score (nSPS) is 17.6. The Morgan fingerprint density at radius 3 is 2.58 bits per heavy atom. The molecule has 0 N–H and O–H groups in total. The molecule has 38 heavy (non-hydrogen) atoms. The summed E-state index contributed by atoms with van der Waals surface area (Å²) in [4.78, 5) is 37.9. The molecule has 0 spiro atoms. The number of likely N-dealkylation sites (tertiary alicyclic amines) is 1. The molecule has 1 aliphatic rings. The van der Waals surface area contributed by atoms with Crippen LogP contribution in [0.25, 0.3) is 0 Å². The number of nitro benzene ring substituents is 1. The second-order valence-electron chi connectivity index (χ2n) is 9.43. The van der Waals surface area contributed by atoms with E-state index in [1.54, 1.807) is 29.3 Å². The number of amides is 1. The van der Waals surface area contributed by atoms with Crippen LogP contribution in [0.1, 0.15) is 49.9 Å². The van der Waals surface area contributed by atoms with Crippen LogP contribution in [-0.4, -0.2) is 49.1 Å². The van der Waals surface area contributed by atoms with Gasteiger partial charge in [-0.3, -0.25) is 15.1 Å². The van der Waals surface area contributed by atoms with E-state index in [0.29, 0.717) is 35.1 Å². The molecule has 200 valence electrons. The molecule has 4 rings (SSSR count). The molecule has 0 radical (unpaired) electrons. The van der Waals surface area contributed by atoms with Crippen molar-refractivity contribution in [1.82, 2.24) is 19.9 Å². The summed E-state index contributed by atoms with van der Waals surface area (Å²) in [5.41, 5.74) is 2.09. The average Bonchev–Trinajstić information content (AvgIpc) is 3.26. The molecule has 0 saturated carbocycles. The van der Waals surface area contributed by atoms with Gasteiger partial charge in [-0.15, -0.1) is 0 Å². The number of benzene rings is 1. The summed E-state index contributed by atoms with van der Waals surface area (Å²) in [6.45, 7) is 7.67. The lowest BCUT2D eigenvalue weighted by Crippen LogP contribution is -2.42. The SMILES string of the molecule is Cc1ncccc1Oc1ncnc(O[C@H](C)CC2CCC(C)N2C(=O)OCc2ccc([N+](=O)[O-])cc2)c1C. The number of ether oxygens (including phenoxy) is 3. The van der Waals surface area contributed by atoms with Crippen molar-refractivity contribution in [3.05, 3.63) is 75.9 Å². The van der Waals surface area contributed by atoms with Crippen LogP contribution in [0.2, 0.25) is 0 Å². The van der Waals surface area contributed by atoms with Crippen molar-refractivity contribution in [2.75, 3.05) is 0 Å². The molecule has 1 aromatic carbocycles. The summed E-state index contributed by atoms with van der Waals surface area (Å²) >= 11 is 0. The minimum absolute atomic E-state index is 0.00733. The number of carbonyl (C=O) groups is 1. The maximum Gasteiger partial charge on any atom is 0.410 e. The van der Waals surface area contributed by atoms with E-state index in [1.165, 1.54) is 18.5 Å². The molecule has 1 saturated heterocycles. The fourth-order valence-electron chi connectivity index (χ4n) is 4.51. The minimum atomic E-state index is -0.464. The first-order valence-electron chi connectivity index (χ1n) is 12.5. The number of hydrogen-bond acceptors (Lipinski definition) is 9. The lowest BCUT2D eigenvalue weighted by molar-refractivity contribution is -0.384. The van der Waals surface area contributed by atoms with Crippen molar-refractivity contribution >= 4 is 11.8 Å². The first kappa shape index (κ1) is 26.8. The van der Waals surface area contributed by atoms with Crippen molar-refractivity contribution in [3.63, 3.8) is 0 Å². The zero-order valence-electron chi connectivity index (χ0n) is 21.9. The monoisotopic (exact) mass is 521 g/mol. The van der Waals surface area contributed by atoms with E-state index in [4.69, 9.17) is 14.2 Å². The molecule has 1 aliphatic heterocycles. The van der Waals surface area contributed by atoms with E-state index in [-0.39, 0.29) is 30.5 Å². The molecule has 11 nitrogen and oxygen atoms in total. The molecule has 1 fully saturated rings. The van der Waals surface area contributed by atoms with Crippen LogP contribution in [0, 0.1) is 24.0 Å². The highest BCUT2D eigenvalue weighted by Gasteiger charge is 2.36. The van der Waals surface area contributed by atoms with Crippen molar-refractivity contribution in [2.45, 2.75) is 71.8 Å². The standard InChI is InChI=1S/C27H31N5O6/c1-17-7-10-23(31(17)27(33)36-15-21-8-11-22(12-9-21)32(34)35)14-18(2)37-25-19(3)26(30-16-29-25)38-24-6-5-13-28-20(24)4/h5-6,8-9,11-13,16-18,23H,7,10,14-15H2,1-4H3/t17?,18-,23?/m1/s1. The quantitative estimate of drug-likeness (QED) is 0.263. The summed E-state index contributed by atoms with van der Waals surface area (Å²) in [7, 11) is 0. The predicted octanol–water partition coefficient (Wildman–Crippen LogP) is 5.54. The van der Waals surface area contributed by atoms with Gasteiger partial charge in [0.1, 0.15) is 12.9 Å². The zero-order valence-corrected chi connectivity index (χ0v) is 21.9. The number of nitro groups is 1. The topological polar surface area (TPSA) is 130 Å². The summed E-state index contributed by atoms with van der Waals surface area (Å²) in [6, 6.07) is 9.56. The number of pyridine rings is 1. The van der Waals surface area contributed by atoms with Crippen molar-refractivity contribution in [1.29, 1.82) is 0 Å². The van der Waals surface area contributed by atoms with Crippen molar-refractivity contribution < 1.29 is 23.9 Å². The number of carbonyl (C=O) groups excluding carboxylic acids is 1. The van der Waals surface area contributed by atoms with Crippen LogP contribution in [0.15, 0.2) is 48.9 Å². The van der Waals surface area contributed by atoms with Gasteiger partial charge in [-0.2, -0.15) is 0 Å².